The molecule has 3 heterocycles. The molecule has 4 amide bonds. The van der Waals surface area contributed by atoms with Gasteiger partial charge in [0.05, 0.1) is 17.8 Å². The normalized spacial score (nSPS) is 20.5. The van der Waals surface area contributed by atoms with Crippen molar-refractivity contribution in [2.45, 2.75) is 50.7 Å². The third-order valence-corrected chi connectivity index (χ3v) is 8.24. The lowest BCUT2D eigenvalue weighted by Gasteiger charge is -2.45. The molecule has 1 unspecified atom stereocenters. The van der Waals surface area contributed by atoms with Crippen LogP contribution in [-0.2, 0) is 21.6 Å². The minimum atomic E-state index is -1.43. The number of amides is 4. The van der Waals surface area contributed by atoms with Crippen molar-refractivity contribution in [1.82, 2.24) is 20.4 Å². The molecule has 0 aromatic heterocycles. The molecule has 218 valence electrons. The van der Waals surface area contributed by atoms with Crippen LogP contribution in [0.3, 0.4) is 0 Å². The van der Waals surface area contributed by atoms with E-state index in [1.807, 2.05) is 0 Å². The molecule has 9 nitrogen and oxygen atoms in total. The number of carboxylic acid groups (broad SMARTS) is 1. The molecule has 3 N–H and O–H groups in total. The number of carboxylic acids is 1. The highest BCUT2D eigenvalue weighted by Gasteiger charge is 2.43. The summed E-state index contributed by atoms with van der Waals surface area (Å²) in [7, 11) is 0. The van der Waals surface area contributed by atoms with Crippen molar-refractivity contribution in [1.29, 1.82) is 0 Å². The molecular formula is C30H34F2N4O5. The van der Waals surface area contributed by atoms with Gasteiger partial charge in [-0.1, -0.05) is 37.3 Å². The van der Waals surface area contributed by atoms with E-state index in [0.29, 0.717) is 6.42 Å². The van der Waals surface area contributed by atoms with Crippen molar-refractivity contribution in [3.8, 4) is 0 Å². The number of nitrogens with zero attached hydrogens (tertiary/aromatic N) is 2. The van der Waals surface area contributed by atoms with Crippen molar-refractivity contribution in [2.24, 2.45) is 0 Å². The predicted molar refractivity (Wildman–Crippen MR) is 146 cm³/mol. The SMILES string of the molecule is CCC1=C(C(=O)O)C(c2ccc(F)c(F)c2)N(C(=O)NCCCN2CCC3(CC2)OCCc2ccccc23)C(=O)N1. The molecule has 1 atom stereocenters. The molecule has 41 heavy (non-hydrogen) atoms. The average Bonchev–Trinajstić information content (AvgIpc) is 2.97. The number of piperidine rings is 1. The Morgan fingerprint density at radius 2 is 1.90 bits per heavy atom. The lowest BCUT2D eigenvalue weighted by molar-refractivity contribution is -0.133. The zero-order valence-electron chi connectivity index (χ0n) is 22.9. The Labute approximate surface area is 237 Å². The van der Waals surface area contributed by atoms with Crippen molar-refractivity contribution < 1.29 is 33.0 Å². The number of aliphatic carboxylic acids is 1. The predicted octanol–water partition coefficient (Wildman–Crippen LogP) is 4.44. The summed E-state index contributed by atoms with van der Waals surface area (Å²) in [6, 6.07) is 8.21. The third-order valence-electron chi connectivity index (χ3n) is 8.24. The van der Waals surface area contributed by atoms with Gasteiger partial charge in [0, 0.05) is 25.3 Å². The van der Waals surface area contributed by atoms with Crippen LogP contribution in [-0.4, -0.2) is 65.7 Å². The van der Waals surface area contributed by atoms with Crippen LogP contribution < -0.4 is 10.6 Å². The van der Waals surface area contributed by atoms with Crippen LogP contribution in [0.2, 0.25) is 0 Å². The van der Waals surface area contributed by atoms with Gasteiger partial charge >= 0.3 is 18.0 Å². The summed E-state index contributed by atoms with van der Waals surface area (Å²) in [6.45, 7) is 5.02. The average molecular weight is 569 g/mol. The highest BCUT2D eigenvalue weighted by Crippen LogP contribution is 2.41. The Hall–Kier alpha value is -3.83. The fourth-order valence-corrected chi connectivity index (χ4v) is 6.15. The lowest BCUT2D eigenvalue weighted by Crippen LogP contribution is -2.54. The number of ether oxygens (including phenoxy) is 1. The van der Waals surface area contributed by atoms with E-state index >= 15 is 0 Å². The maximum absolute atomic E-state index is 14.1. The molecule has 3 aliphatic heterocycles. The van der Waals surface area contributed by atoms with E-state index in [1.165, 1.54) is 17.2 Å². The Morgan fingerprint density at radius 3 is 2.61 bits per heavy atom. The number of hydrogen-bond acceptors (Lipinski definition) is 5. The summed E-state index contributed by atoms with van der Waals surface area (Å²) in [6.07, 6.45) is 3.45. The number of carbonyl (C=O) groups is 3. The van der Waals surface area contributed by atoms with E-state index in [0.717, 1.165) is 62.5 Å². The summed E-state index contributed by atoms with van der Waals surface area (Å²) in [5.74, 6) is -3.70. The Morgan fingerprint density at radius 1 is 1.15 bits per heavy atom. The molecule has 2 aromatic carbocycles. The molecule has 11 heteroatoms. The largest absolute Gasteiger partial charge is 0.478 e. The summed E-state index contributed by atoms with van der Waals surface area (Å²) >= 11 is 0. The molecule has 0 radical (unpaired) electrons. The zero-order valence-corrected chi connectivity index (χ0v) is 22.9. The first-order valence-corrected chi connectivity index (χ1v) is 14.0. The molecule has 1 saturated heterocycles. The zero-order chi connectivity index (χ0) is 29.1. The van der Waals surface area contributed by atoms with Gasteiger partial charge in [-0.15, -0.1) is 0 Å². The number of likely N-dealkylation sites (tertiary alicyclic amines) is 1. The number of allylic oxidation sites excluding steroid dienone is 1. The highest BCUT2D eigenvalue weighted by atomic mass is 19.2. The van der Waals surface area contributed by atoms with Crippen LogP contribution in [0.25, 0.3) is 0 Å². The van der Waals surface area contributed by atoms with E-state index in [9.17, 15) is 28.3 Å². The fraction of sp³-hybridized carbons (Fsp3) is 0.433. The Balaban J connectivity index is 1.21. The van der Waals surface area contributed by atoms with E-state index in [1.54, 1.807) is 6.92 Å². The van der Waals surface area contributed by atoms with Crippen molar-refractivity contribution in [2.75, 3.05) is 32.8 Å². The van der Waals surface area contributed by atoms with Crippen LogP contribution in [0, 0.1) is 11.6 Å². The van der Waals surface area contributed by atoms with Crippen LogP contribution in [0.1, 0.15) is 55.3 Å². The van der Waals surface area contributed by atoms with Crippen molar-refractivity contribution in [3.63, 3.8) is 0 Å². The topological polar surface area (TPSA) is 111 Å². The number of halogens is 2. The van der Waals surface area contributed by atoms with Gasteiger partial charge in [-0.05, 0) is 67.5 Å². The minimum Gasteiger partial charge on any atom is -0.478 e. The summed E-state index contributed by atoms with van der Waals surface area (Å²) in [4.78, 5) is 41.4. The third kappa shape index (κ3) is 5.69. The lowest BCUT2D eigenvalue weighted by atomic mass is 9.79. The molecular weight excluding hydrogens is 534 g/mol. The van der Waals surface area contributed by atoms with Gasteiger partial charge in [0.25, 0.3) is 0 Å². The maximum Gasteiger partial charge on any atom is 0.335 e. The molecule has 0 saturated carbocycles. The molecule has 5 rings (SSSR count). The summed E-state index contributed by atoms with van der Waals surface area (Å²) < 4.78 is 34.1. The molecule has 0 bridgehead atoms. The number of imide groups is 1. The number of fused-ring (bicyclic) bond motifs is 2. The van der Waals surface area contributed by atoms with Gasteiger partial charge in [-0.25, -0.2) is 28.1 Å². The molecule has 0 aliphatic carbocycles. The van der Waals surface area contributed by atoms with Gasteiger partial charge in [0.1, 0.15) is 6.04 Å². The number of rotatable bonds is 7. The van der Waals surface area contributed by atoms with Gasteiger partial charge in [-0.2, -0.15) is 0 Å². The maximum atomic E-state index is 14.1. The first kappa shape index (κ1) is 28.7. The summed E-state index contributed by atoms with van der Waals surface area (Å²) in [5, 5.41) is 15.1. The van der Waals surface area contributed by atoms with Gasteiger partial charge in [-0.3, -0.25) is 0 Å². The molecule has 1 fully saturated rings. The second kappa shape index (κ2) is 12.0. The number of carbonyl (C=O) groups excluding carboxylic acids is 2. The number of hydrogen-bond donors (Lipinski definition) is 3. The second-order valence-corrected chi connectivity index (χ2v) is 10.6. The first-order valence-electron chi connectivity index (χ1n) is 14.0. The standard InChI is InChI=1S/C30H34F2N4O5/c1-2-24-25(27(37)38)26(20-8-9-22(31)23(32)18-20)36(29(40)34-24)28(39)33-13-5-14-35-15-11-30(12-16-35)21-7-4-3-6-19(21)10-17-41-30/h3-4,6-9,18,26H,2,5,10-17H2,1H3,(H,33,39)(H,34,40)(H,37,38). The first-order chi connectivity index (χ1) is 19.7. The van der Waals surface area contributed by atoms with Gasteiger partial charge < -0.3 is 25.4 Å². The molecule has 1 spiro atoms. The highest BCUT2D eigenvalue weighted by molar-refractivity contribution is 6.01. The number of nitrogens with one attached hydrogen (secondary N) is 2. The van der Waals surface area contributed by atoms with Crippen LogP contribution in [0.4, 0.5) is 18.4 Å². The number of benzene rings is 2. The van der Waals surface area contributed by atoms with Crippen LogP contribution >= 0.6 is 0 Å². The summed E-state index contributed by atoms with van der Waals surface area (Å²) in [5.41, 5.74) is 2.20. The van der Waals surface area contributed by atoms with E-state index in [4.69, 9.17) is 4.74 Å². The second-order valence-electron chi connectivity index (χ2n) is 10.6. The van der Waals surface area contributed by atoms with Crippen LogP contribution in [0.15, 0.2) is 53.7 Å². The Kier molecular flexibility index (Phi) is 8.37. The number of urea groups is 2. The fourth-order valence-electron chi connectivity index (χ4n) is 6.15. The quantitative estimate of drug-likeness (QED) is 0.426. The van der Waals surface area contributed by atoms with Gasteiger partial charge in [0.15, 0.2) is 11.6 Å². The van der Waals surface area contributed by atoms with E-state index < -0.39 is 35.7 Å². The monoisotopic (exact) mass is 568 g/mol. The van der Waals surface area contributed by atoms with Crippen molar-refractivity contribution >= 4 is 18.0 Å². The van der Waals surface area contributed by atoms with Crippen molar-refractivity contribution in [3.05, 3.63) is 82.1 Å². The minimum absolute atomic E-state index is 0.0222. The van der Waals surface area contributed by atoms with Gasteiger partial charge in [0.2, 0.25) is 0 Å². The van der Waals surface area contributed by atoms with Crippen LogP contribution in [0.5, 0.6) is 0 Å². The molecule has 2 aromatic rings. The van der Waals surface area contributed by atoms with E-state index in [2.05, 4.69) is 39.8 Å². The smallest absolute Gasteiger partial charge is 0.335 e. The Bertz CT molecular complexity index is 1370. The van der Waals surface area contributed by atoms with E-state index in [-0.39, 0.29) is 35.4 Å². The molecule has 3 aliphatic rings.